The van der Waals surface area contributed by atoms with Crippen molar-refractivity contribution in [2.75, 3.05) is 13.1 Å². The molecule has 0 aromatic rings. The fraction of sp³-hybridized carbons (Fsp3) is 0.818. The molecule has 0 saturated heterocycles. The first-order chi connectivity index (χ1) is 7.73. The Morgan fingerprint density at radius 3 is 2.18 bits per heavy atom. The fourth-order valence-corrected chi connectivity index (χ4v) is 1.86. The molecule has 6 heteroatoms. The Kier molecular flexibility index (Phi) is 6.38. The van der Waals surface area contributed by atoms with E-state index in [4.69, 9.17) is 10.2 Å². The van der Waals surface area contributed by atoms with Crippen molar-refractivity contribution < 1.29 is 19.8 Å². The summed E-state index contributed by atoms with van der Waals surface area (Å²) in [4.78, 5) is 20.6. The second kappa shape index (κ2) is 6.98. The van der Waals surface area contributed by atoms with Crippen LogP contribution in [-0.2, 0) is 0 Å². The van der Waals surface area contributed by atoms with Crippen molar-refractivity contribution in [1.82, 2.24) is 10.6 Å². The fourth-order valence-electron chi connectivity index (χ4n) is 1.86. The lowest BCUT2D eigenvalue weighted by Crippen LogP contribution is -2.34. The van der Waals surface area contributed by atoms with Crippen molar-refractivity contribution in [1.29, 1.82) is 0 Å². The highest BCUT2D eigenvalue weighted by molar-refractivity contribution is 5.64. The average molecular weight is 246 g/mol. The van der Waals surface area contributed by atoms with Gasteiger partial charge in [0.25, 0.3) is 0 Å². The number of nitrogens with one attached hydrogen (secondary N) is 2. The van der Waals surface area contributed by atoms with E-state index in [1.807, 2.05) is 20.8 Å². The third kappa shape index (κ3) is 9.47. The van der Waals surface area contributed by atoms with Crippen LogP contribution < -0.4 is 10.6 Å². The van der Waals surface area contributed by atoms with Gasteiger partial charge in [-0.05, 0) is 24.2 Å². The minimum atomic E-state index is -1.02. The first kappa shape index (κ1) is 15.5. The maximum atomic E-state index is 10.4. The largest absolute Gasteiger partial charge is 0.465 e. The van der Waals surface area contributed by atoms with Crippen LogP contribution in [0.3, 0.4) is 0 Å². The number of hydrogen-bond donors (Lipinski definition) is 4. The summed E-state index contributed by atoms with van der Waals surface area (Å²) in [6.45, 7) is 6.85. The molecule has 0 aromatic carbocycles. The van der Waals surface area contributed by atoms with Gasteiger partial charge < -0.3 is 20.8 Å². The molecule has 0 bridgehead atoms. The Hall–Kier alpha value is -1.46. The molecule has 4 N–H and O–H groups in total. The zero-order valence-corrected chi connectivity index (χ0v) is 10.6. The predicted molar refractivity (Wildman–Crippen MR) is 64.2 cm³/mol. The molecule has 0 spiro atoms. The van der Waals surface area contributed by atoms with Crippen molar-refractivity contribution in [3.63, 3.8) is 0 Å². The van der Waals surface area contributed by atoms with E-state index >= 15 is 0 Å². The van der Waals surface area contributed by atoms with E-state index in [0.29, 0.717) is 19.0 Å². The lowest BCUT2D eigenvalue weighted by molar-refractivity contribution is 0.181. The second-order valence-corrected chi connectivity index (χ2v) is 5.15. The first-order valence-electron chi connectivity index (χ1n) is 5.66. The first-order valence-corrected chi connectivity index (χ1v) is 5.66. The molecular formula is C11H22N2O4. The normalized spacial score (nSPS) is 12.9. The van der Waals surface area contributed by atoms with Crippen molar-refractivity contribution >= 4 is 12.2 Å². The maximum absolute atomic E-state index is 10.4. The molecular weight excluding hydrogens is 224 g/mol. The summed E-state index contributed by atoms with van der Waals surface area (Å²) >= 11 is 0. The molecule has 0 aliphatic heterocycles. The van der Waals surface area contributed by atoms with Crippen LogP contribution in [0.25, 0.3) is 0 Å². The quantitative estimate of drug-likeness (QED) is 0.552. The van der Waals surface area contributed by atoms with Crippen LogP contribution in [-0.4, -0.2) is 35.5 Å². The van der Waals surface area contributed by atoms with E-state index in [0.717, 1.165) is 12.8 Å². The minimum Gasteiger partial charge on any atom is -0.465 e. The van der Waals surface area contributed by atoms with Gasteiger partial charge in [-0.1, -0.05) is 20.8 Å². The van der Waals surface area contributed by atoms with Gasteiger partial charge in [0.15, 0.2) is 0 Å². The maximum Gasteiger partial charge on any atom is 0.404 e. The Bertz CT molecular complexity index is 266. The monoisotopic (exact) mass is 246 g/mol. The zero-order chi connectivity index (χ0) is 13.5. The molecule has 0 radical (unpaired) electrons. The van der Waals surface area contributed by atoms with Crippen LogP contribution in [0, 0.1) is 11.3 Å². The summed E-state index contributed by atoms with van der Waals surface area (Å²) in [6.07, 6.45) is -0.431. The van der Waals surface area contributed by atoms with Crippen molar-refractivity contribution in [2.24, 2.45) is 11.3 Å². The molecule has 0 aliphatic rings. The van der Waals surface area contributed by atoms with Crippen LogP contribution >= 0.6 is 0 Å². The molecule has 100 valence electrons. The van der Waals surface area contributed by atoms with E-state index in [1.165, 1.54) is 0 Å². The van der Waals surface area contributed by atoms with E-state index in [2.05, 4.69) is 10.6 Å². The van der Waals surface area contributed by atoms with Crippen LogP contribution in [0.4, 0.5) is 9.59 Å². The van der Waals surface area contributed by atoms with Gasteiger partial charge in [-0.15, -0.1) is 0 Å². The van der Waals surface area contributed by atoms with Crippen molar-refractivity contribution in [2.45, 2.75) is 33.6 Å². The summed E-state index contributed by atoms with van der Waals surface area (Å²) in [6, 6.07) is 0. The standard InChI is InChI=1S/C11H22N2O4/c1-8(4-5-12-9(14)15)6-11(2,3)7-13-10(16)17/h8,12-13H,4-7H2,1-3H3,(H,14,15)(H,16,17). The Balaban J connectivity index is 3.87. The van der Waals surface area contributed by atoms with E-state index in [1.54, 1.807) is 0 Å². The van der Waals surface area contributed by atoms with Gasteiger partial charge in [0.05, 0.1) is 0 Å². The highest BCUT2D eigenvalue weighted by Crippen LogP contribution is 2.25. The molecule has 0 rings (SSSR count). The Labute approximate surface area is 101 Å². The molecule has 17 heavy (non-hydrogen) atoms. The summed E-state index contributed by atoms with van der Waals surface area (Å²) in [5, 5.41) is 21.6. The second-order valence-electron chi connectivity index (χ2n) is 5.15. The molecule has 0 aliphatic carbocycles. The summed E-state index contributed by atoms with van der Waals surface area (Å²) in [5.41, 5.74) is -0.124. The van der Waals surface area contributed by atoms with Gasteiger partial charge in [0, 0.05) is 13.1 Å². The van der Waals surface area contributed by atoms with Crippen molar-refractivity contribution in [3.8, 4) is 0 Å². The van der Waals surface area contributed by atoms with Gasteiger partial charge >= 0.3 is 12.2 Å². The lowest BCUT2D eigenvalue weighted by Gasteiger charge is -2.27. The predicted octanol–water partition coefficient (Wildman–Crippen LogP) is 1.96. The van der Waals surface area contributed by atoms with Crippen LogP contribution in [0.5, 0.6) is 0 Å². The lowest BCUT2D eigenvalue weighted by atomic mass is 9.82. The average Bonchev–Trinajstić information content (AvgIpc) is 2.13. The van der Waals surface area contributed by atoms with E-state index in [-0.39, 0.29) is 5.41 Å². The van der Waals surface area contributed by atoms with Gasteiger partial charge in [-0.2, -0.15) is 0 Å². The third-order valence-corrected chi connectivity index (χ3v) is 2.53. The summed E-state index contributed by atoms with van der Waals surface area (Å²) in [7, 11) is 0. The van der Waals surface area contributed by atoms with E-state index < -0.39 is 12.2 Å². The van der Waals surface area contributed by atoms with E-state index in [9.17, 15) is 9.59 Å². The molecule has 6 nitrogen and oxygen atoms in total. The number of carbonyl (C=O) groups is 2. The van der Waals surface area contributed by atoms with Gasteiger partial charge in [0.1, 0.15) is 0 Å². The molecule has 0 saturated carbocycles. The molecule has 0 heterocycles. The third-order valence-electron chi connectivity index (χ3n) is 2.53. The molecule has 1 unspecified atom stereocenters. The summed E-state index contributed by atoms with van der Waals surface area (Å²) < 4.78 is 0. The van der Waals surface area contributed by atoms with Crippen LogP contribution in [0.15, 0.2) is 0 Å². The van der Waals surface area contributed by atoms with Gasteiger partial charge in [0.2, 0.25) is 0 Å². The Morgan fingerprint density at radius 1 is 1.18 bits per heavy atom. The van der Waals surface area contributed by atoms with Crippen LogP contribution in [0.2, 0.25) is 0 Å². The molecule has 0 fully saturated rings. The molecule has 2 amide bonds. The highest BCUT2D eigenvalue weighted by Gasteiger charge is 2.21. The van der Waals surface area contributed by atoms with Crippen molar-refractivity contribution in [3.05, 3.63) is 0 Å². The topological polar surface area (TPSA) is 98.7 Å². The number of rotatable bonds is 7. The SMILES string of the molecule is CC(CCNC(=O)O)CC(C)(C)CNC(=O)O. The minimum absolute atomic E-state index is 0.124. The van der Waals surface area contributed by atoms with Gasteiger partial charge in [-0.25, -0.2) is 9.59 Å². The Morgan fingerprint density at radius 2 is 1.71 bits per heavy atom. The molecule has 1 atom stereocenters. The molecule has 0 aromatic heterocycles. The number of carboxylic acid groups (broad SMARTS) is 2. The number of amides is 2. The number of hydrogen-bond acceptors (Lipinski definition) is 2. The van der Waals surface area contributed by atoms with Crippen LogP contribution in [0.1, 0.15) is 33.6 Å². The highest BCUT2D eigenvalue weighted by atomic mass is 16.4. The summed E-state index contributed by atoms with van der Waals surface area (Å²) in [5.74, 6) is 0.340. The zero-order valence-electron chi connectivity index (χ0n) is 10.6. The van der Waals surface area contributed by atoms with Gasteiger partial charge in [-0.3, -0.25) is 0 Å². The smallest absolute Gasteiger partial charge is 0.404 e.